The number of fused-ring (bicyclic) bond motifs is 1. The van der Waals surface area contributed by atoms with Crippen molar-refractivity contribution in [3.8, 4) is 0 Å². The van der Waals surface area contributed by atoms with Crippen molar-refractivity contribution in [3.05, 3.63) is 40.1 Å². The Kier molecular flexibility index (Phi) is 3.22. The van der Waals surface area contributed by atoms with E-state index >= 15 is 0 Å². The van der Waals surface area contributed by atoms with Crippen LogP contribution < -0.4 is 5.73 Å². The van der Waals surface area contributed by atoms with E-state index in [-0.39, 0.29) is 6.04 Å². The van der Waals surface area contributed by atoms with E-state index in [0.717, 1.165) is 25.0 Å². The van der Waals surface area contributed by atoms with Crippen molar-refractivity contribution >= 4 is 15.9 Å². The highest BCUT2D eigenvalue weighted by Crippen LogP contribution is 2.30. The van der Waals surface area contributed by atoms with Gasteiger partial charge in [0.1, 0.15) is 0 Å². The summed E-state index contributed by atoms with van der Waals surface area (Å²) in [6.45, 7) is 3.70. The van der Waals surface area contributed by atoms with Gasteiger partial charge in [0.15, 0.2) is 0 Å². The molecule has 0 spiro atoms. The molecule has 0 fully saturated rings. The molecule has 1 aliphatic rings. The van der Waals surface area contributed by atoms with Crippen LogP contribution in [0.2, 0.25) is 0 Å². The molecule has 0 saturated heterocycles. The monoisotopic (exact) mass is 266 g/mol. The lowest BCUT2D eigenvalue weighted by Gasteiger charge is -2.11. The number of nitrogens with two attached hydrogens (primary N) is 1. The van der Waals surface area contributed by atoms with Gasteiger partial charge in [-0.15, -0.1) is 6.58 Å². The van der Waals surface area contributed by atoms with E-state index in [1.165, 1.54) is 22.2 Å². The van der Waals surface area contributed by atoms with E-state index in [0.29, 0.717) is 0 Å². The lowest BCUT2D eigenvalue weighted by Crippen LogP contribution is -2.12. The van der Waals surface area contributed by atoms with Crippen molar-refractivity contribution < 1.29 is 0 Å². The van der Waals surface area contributed by atoms with Crippen LogP contribution in [0.3, 0.4) is 0 Å². The molecule has 0 bridgehead atoms. The molecule has 3 heteroatoms. The topological polar surface area (TPSA) is 38.9 Å². The average molecular weight is 267 g/mol. The zero-order chi connectivity index (χ0) is 10.8. The standard InChI is InChI=1S/C12H15BrN2/c1-2-4-10(14)12-7-9(13)8-5-3-6-11(8)15-12/h2,7,10H,1,3-6,14H2/t10-/m0/s1. The molecule has 1 atom stereocenters. The van der Waals surface area contributed by atoms with E-state index in [4.69, 9.17) is 5.73 Å². The normalized spacial score (nSPS) is 16.1. The first-order valence-electron chi connectivity index (χ1n) is 5.27. The summed E-state index contributed by atoms with van der Waals surface area (Å²) in [5.74, 6) is 0. The van der Waals surface area contributed by atoms with Gasteiger partial charge in [-0.1, -0.05) is 22.0 Å². The average Bonchev–Trinajstić information content (AvgIpc) is 2.66. The third-order valence-corrected chi connectivity index (χ3v) is 3.52. The fourth-order valence-corrected chi connectivity index (χ4v) is 2.67. The maximum absolute atomic E-state index is 6.01. The Hall–Kier alpha value is -0.670. The first kappa shape index (κ1) is 10.8. The third-order valence-electron chi connectivity index (χ3n) is 2.82. The second-order valence-electron chi connectivity index (χ2n) is 3.94. The quantitative estimate of drug-likeness (QED) is 0.855. The van der Waals surface area contributed by atoms with Crippen molar-refractivity contribution in [2.75, 3.05) is 0 Å². The summed E-state index contributed by atoms with van der Waals surface area (Å²) in [5, 5.41) is 0. The Morgan fingerprint density at radius 2 is 2.40 bits per heavy atom. The second-order valence-corrected chi connectivity index (χ2v) is 4.79. The molecule has 0 unspecified atom stereocenters. The Bertz CT molecular complexity index is 387. The van der Waals surface area contributed by atoms with Crippen LogP contribution in [-0.2, 0) is 12.8 Å². The first-order valence-corrected chi connectivity index (χ1v) is 6.06. The summed E-state index contributed by atoms with van der Waals surface area (Å²) in [4.78, 5) is 4.63. The minimum Gasteiger partial charge on any atom is -0.322 e. The highest BCUT2D eigenvalue weighted by Gasteiger charge is 2.18. The Labute approximate surface area is 98.7 Å². The van der Waals surface area contributed by atoms with Gasteiger partial charge in [-0.25, -0.2) is 0 Å². The molecule has 0 amide bonds. The molecule has 1 heterocycles. The van der Waals surface area contributed by atoms with Crippen LogP contribution in [0.25, 0.3) is 0 Å². The Morgan fingerprint density at radius 3 is 3.13 bits per heavy atom. The van der Waals surface area contributed by atoms with Gasteiger partial charge in [0.2, 0.25) is 0 Å². The summed E-state index contributed by atoms with van der Waals surface area (Å²) in [7, 11) is 0. The molecule has 0 saturated carbocycles. The SMILES string of the molecule is C=CC[C@H](N)c1cc(Br)c2c(n1)CCC2. The van der Waals surface area contributed by atoms with Crippen LogP contribution in [0, 0.1) is 0 Å². The number of nitrogens with zero attached hydrogens (tertiary/aromatic N) is 1. The van der Waals surface area contributed by atoms with Gasteiger partial charge in [-0.05, 0) is 37.3 Å². The van der Waals surface area contributed by atoms with Gasteiger partial charge in [0.25, 0.3) is 0 Å². The van der Waals surface area contributed by atoms with E-state index in [1.807, 2.05) is 6.08 Å². The zero-order valence-electron chi connectivity index (χ0n) is 8.67. The van der Waals surface area contributed by atoms with Crippen LogP contribution in [0.4, 0.5) is 0 Å². The minimum absolute atomic E-state index is 0.0234. The number of aryl methyl sites for hydroxylation is 1. The zero-order valence-corrected chi connectivity index (χ0v) is 10.3. The van der Waals surface area contributed by atoms with E-state index in [1.54, 1.807) is 0 Å². The van der Waals surface area contributed by atoms with Gasteiger partial charge < -0.3 is 5.73 Å². The number of rotatable bonds is 3. The van der Waals surface area contributed by atoms with Crippen LogP contribution in [-0.4, -0.2) is 4.98 Å². The van der Waals surface area contributed by atoms with Gasteiger partial charge in [-0.3, -0.25) is 4.98 Å². The molecule has 0 aromatic carbocycles. The van der Waals surface area contributed by atoms with Gasteiger partial charge in [0, 0.05) is 10.2 Å². The molecular weight excluding hydrogens is 252 g/mol. The number of pyridine rings is 1. The van der Waals surface area contributed by atoms with Crippen LogP contribution in [0.15, 0.2) is 23.2 Å². The highest BCUT2D eigenvalue weighted by molar-refractivity contribution is 9.10. The number of hydrogen-bond donors (Lipinski definition) is 1. The third kappa shape index (κ3) is 2.13. The largest absolute Gasteiger partial charge is 0.322 e. The van der Waals surface area contributed by atoms with Gasteiger partial charge in [0.05, 0.1) is 11.7 Å². The van der Waals surface area contributed by atoms with Crippen molar-refractivity contribution in [1.82, 2.24) is 4.98 Å². The summed E-state index contributed by atoms with van der Waals surface area (Å²) in [6.07, 6.45) is 6.05. The lowest BCUT2D eigenvalue weighted by atomic mass is 10.1. The molecule has 2 nitrogen and oxygen atoms in total. The predicted octanol–water partition coefficient (Wildman–Crippen LogP) is 2.91. The number of aromatic nitrogens is 1. The van der Waals surface area contributed by atoms with Crippen molar-refractivity contribution in [2.45, 2.75) is 31.7 Å². The first-order chi connectivity index (χ1) is 7.22. The van der Waals surface area contributed by atoms with Crippen molar-refractivity contribution in [2.24, 2.45) is 5.73 Å². The number of halogens is 1. The van der Waals surface area contributed by atoms with Crippen LogP contribution in [0.1, 0.15) is 35.8 Å². The fourth-order valence-electron chi connectivity index (χ4n) is 2.00. The molecule has 15 heavy (non-hydrogen) atoms. The fraction of sp³-hybridized carbons (Fsp3) is 0.417. The maximum atomic E-state index is 6.01. The molecule has 2 N–H and O–H groups in total. The Morgan fingerprint density at radius 1 is 1.60 bits per heavy atom. The molecule has 1 aliphatic carbocycles. The van der Waals surface area contributed by atoms with Crippen molar-refractivity contribution in [3.63, 3.8) is 0 Å². The van der Waals surface area contributed by atoms with Crippen molar-refractivity contribution in [1.29, 1.82) is 0 Å². The van der Waals surface area contributed by atoms with E-state index in [9.17, 15) is 0 Å². The summed E-state index contributed by atoms with van der Waals surface area (Å²) in [5.41, 5.74) is 9.57. The number of hydrogen-bond acceptors (Lipinski definition) is 2. The Balaban J connectivity index is 2.34. The summed E-state index contributed by atoms with van der Waals surface area (Å²) < 4.78 is 1.17. The summed E-state index contributed by atoms with van der Waals surface area (Å²) >= 11 is 3.60. The predicted molar refractivity (Wildman–Crippen MR) is 65.7 cm³/mol. The van der Waals surface area contributed by atoms with E-state index < -0.39 is 0 Å². The summed E-state index contributed by atoms with van der Waals surface area (Å²) in [6, 6.07) is 2.03. The van der Waals surface area contributed by atoms with Crippen LogP contribution in [0.5, 0.6) is 0 Å². The van der Waals surface area contributed by atoms with Gasteiger partial charge in [-0.2, -0.15) is 0 Å². The molecule has 1 aromatic rings. The smallest absolute Gasteiger partial charge is 0.0588 e. The molecular formula is C12H15BrN2. The molecule has 1 aromatic heterocycles. The lowest BCUT2D eigenvalue weighted by molar-refractivity contribution is 0.707. The van der Waals surface area contributed by atoms with Crippen LogP contribution >= 0.6 is 15.9 Å². The molecule has 80 valence electrons. The molecule has 0 aliphatic heterocycles. The maximum Gasteiger partial charge on any atom is 0.0588 e. The second kappa shape index (κ2) is 4.45. The van der Waals surface area contributed by atoms with E-state index in [2.05, 4.69) is 33.6 Å². The molecule has 2 rings (SSSR count). The minimum atomic E-state index is -0.0234. The highest BCUT2D eigenvalue weighted by atomic mass is 79.9. The van der Waals surface area contributed by atoms with Gasteiger partial charge >= 0.3 is 0 Å². The molecule has 0 radical (unpaired) electrons.